The van der Waals surface area contributed by atoms with Crippen LogP contribution in [0.5, 0.6) is 5.75 Å². The minimum atomic E-state index is -0.288. The van der Waals surface area contributed by atoms with Crippen LogP contribution in [-0.2, 0) is 0 Å². The molecule has 0 spiro atoms. The number of H-pyrrole nitrogens is 1. The monoisotopic (exact) mass is 288 g/mol. The quantitative estimate of drug-likeness (QED) is 0.797. The zero-order valence-electron chi connectivity index (χ0n) is 12.5. The van der Waals surface area contributed by atoms with Gasteiger partial charge in [-0.25, -0.2) is 4.98 Å². The third-order valence-corrected chi connectivity index (χ3v) is 3.07. The SMILES string of the molecule is Cc1ccc(C(C)C)c(OCCNC(=O)c2ncn[nH]2)c1. The number of nitrogens with one attached hydrogen (secondary N) is 2. The summed E-state index contributed by atoms with van der Waals surface area (Å²) in [7, 11) is 0. The summed E-state index contributed by atoms with van der Waals surface area (Å²) in [6.45, 7) is 7.10. The van der Waals surface area contributed by atoms with Gasteiger partial charge in [-0.1, -0.05) is 26.0 Å². The molecule has 1 aromatic carbocycles. The molecule has 0 fully saturated rings. The van der Waals surface area contributed by atoms with E-state index in [1.54, 1.807) is 0 Å². The first-order valence-corrected chi connectivity index (χ1v) is 6.95. The Kier molecular flexibility index (Phi) is 4.92. The van der Waals surface area contributed by atoms with E-state index in [1.165, 1.54) is 11.9 Å². The predicted molar refractivity (Wildman–Crippen MR) is 79.5 cm³/mol. The normalized spacial score (nSPS) is 10.7. The maximum Gasteiger partial charge on any atom is 0.288 e. The Morgan fingerprint density at radius 2 is 2.24 bits per heavy atom. The maximum atomic E-state index is 11.6. The fourth-order valence-corrected chi connectivity index (χ4v) is 1.97. The number of aromatic nitrogens is 3. The minimum Gasteiger partial charge on any atom is -0.491 e. The lowest BCUT2D eigenvalue weighted by molar-refractivity contribution is 0.0937. The van der Waals surface area contributed by atoms with Crippen molar-refractivity contribution in [2.75, 3.05) is 13.2 Å². The van der Waals surface area contributed by atoms with Crippen LogP contribution in [0.25, 0.3) is 0 Å². The number of nitrogens with zero attached hydrogens (tertiary/aromatic N) is 2. The second-order valence-corrected chi connectivity index (χ2v) is 5.13. The van der Waals surface area contributed by atoms with Crippen LogP contribution in [0.1, 0.15) is 41.5 Å². The molecule has 21 heavy (non-hydrogen) atoms. The zero-order chi connectivity index (χ0) is 15.2. The van der Waals surface area contributed by atoms with Gasteiger partial charge in [-0.2, -0.15) is 5.10 Å². The van der Waals surface area contributed by atoms with Crippen LogP contribution in [0.15, 0.2) is 24.5 Å². The van der Waals surface area contributed by atoms with Crippen molar-refractivity contribution in [1.82, 2.24) is 20.5 Å². The molecule has 2 aromatic rings. The van der Waals surface area contributed by atoms with Gasteiger partial charge in [0, 0.05) is 0 Å². The van der Waals surface area contributed by atoms with Crippen molar-refractivity contribution in [2.24, 2.45) is 0 Å². The number of aryl methyl sites for hydroxylation is 1. The second-order valence-electron chi connectivity index (χ2n) is 5.13. The fraction of sp³-hybridized carbons (Fsp3) is 0.400. The Bertz CT molecular complexity index is 594. The molecular weight excluding hydrogens is 268 g/mol. The molecular formula is C15H20N4O2. The molecule has 0 bridgehead atoms. The summed E-state index contributed by atoms with van der Waals surface area (Å²) < 4.78 is 5.79. The Morgan fingerprint density at radius 1 is 1.43 bits per heavy atom. The van der Waals surface area contributed by atoms with Gasteiger partial charge in [0.25, 0.3) is 5.91 Å². The molecule has 0 saturated carbocycles. The van der Waals surface area contributed by atoms with Crippen LogP contribution in [0.2, 0.25) is 0 Å². The van der Waals surface area contributed by atoms with Crippen molar-refractivity contribution in [1.29, 1.82) is 0 Å². The number of carbonyl (C=O) groups excluding carboxylic acids is 1. The Balaban J connectivity index is 1.86. The average Bonchev–Trinajstić information content (AvgIpc) is 2.97. The fourth-order valence-electron chi connectivity index (χ4n) is 1.97. The number of aromatic amines is 1. The van der Waals surface area contributed by atoms with E-state index < -0.39 is 0 Å². The first kappa shape index (κ1) is 15.0. The van der Waals surface area contributed by atoms with Crippen molar-refractivity contribution in [3.05, 3.63) is 41.5 Å². The largest absolute Gasteiger partial charge is 0.491 e. The highest BCUT2D eigenvalue weighted by atomic mass is 16.5. The third kappa shape index (κ3) is 4.05. The standard InChI is InChI=1S/C15H20N4O2/c1-10(2)12-5-4-11(3)8-13(12)21-7-6-16-15(20)14-17-9-18-19-14/h4-5,8-10H,6-7H2,1-3H3,(H,16,20)(H,17,18,19). The maximum absolute atomic E-state index is 11.6. The molecule has 6 heteroatoms. The minimum absolute atomic E-state index is 0.202. The number of hydrogen-bond donors (Lipinski definition) is 2. The Labute approximate surface area is 123 Å². The van der Waals surface area contributed by atoms with E-state index in [4.69, 9.17) is 4.74 Å². The van der Waals surface area contributed by atoms with Crippen LogP contribution in [-0.4, -0.2) is 34.2 Å². The summed E-state index contributed by atoms with van der Waals surface area (Å²) in [6, 6.07) is 6.18. The highest BCUT2D eigenvalue weighted by Gasteiger charge is 2.09. The van der Waals surface area contributed by atoms with E-state index in [-0.39, 0.29) is 11.7 Å². The highest BCUT2D eigenvalue weighted by Crippen LogP contribution is 2.27. The highest BCUT2D eigenvalue weighted by molar-refractivity contribution is 5.90. The third-order valence-electron chi connectivity index (χ3n) is 3.07. The van der Waals surface area contributed by atoms with Crippen LogP contribution >= 0.6 is 0 Å². The molecule has 0 atom stereocenters. The van der Waals surface area contributed by atoms with Gasteiger partial charge in [-0.05, 0) is 30.0 Å². The topological polar surface area (TPSA) is 79.9 Å². The number of rotatable bonds is 6. The van der Waals surface area contributed by atoms with Gasteiger partial charge in [-0.15, -0.1) is 0 Å². The first-order valence-electron chi connectivity index (χ1n) is 6.95. The Morgan fingerprint density at radius 3 is 2.90 bits per heavy atom. The molecule has 1 heterocycles. The van der Waals surface area contributed by atoms with Gasteiger partial charge >= 0.3 is 0 Å². The molecule has 2 N–H and O–H groups in total. The van der Waals surface area contributed by atoms with Crippen LogP contribution in [0.4, 0.5) is 0 Å². The van der Waals surface area contributed by atoms with E-state index in [9.17, 15) is 4.79 Å². The van der Waals surface area contributed by atoms with Gasteiger partial charge in [-0.3, -0.25) is 9.89 Å². The number of benzene rings is 1. The lowest BCUT2D eigenvalue weighted by Crippen LogP contribution is -2.29. The van der Waals surface area contributed by atoms with Gasteiger partial charge in [0.15, 0.2) is 0 Å². The summed E-state index contributed by atoms with van der Waals surface area (Å²) in [5.41, 5.74) is 2.32. The number of ether oxygens (including phenoxy) is 1. The van der Waals surface area contributed by atoms with E-state index in [0.717, 1.165) is 11.3 Å². The molecule has 0 radical (unpaired) electrons. The molecule has 1 aromatic heterocycles. The van der Waals surface area contributed by atoms with Gasteiger partial charge in [0.1, 0.15) is 18.7 Å². The molecule has 0 aliphatic carbocycles. The summed E-state index contributed by atoms with van der Waals surface area (Å²) in [5.74, 6) is 1.18. The van der Waals surface area contributed by atoms with Crippen molar-refractivity contribution in [2.45, 2.75) is 26.7 Å². The number of amides is 1. The predicted octanol–water partition coefficient (Wildman–Crippen LogP) is 2.05. The van der Waals surface area contributed by atoms with E-state index in [2.05, 4.69) is 46.5 Å². The first-order chi connectivity index (χ1) is 10.1. The number of hydrogen-bond acceptors (Lipinski definition) is 4. The molecule has 2 rings (SSSR count). The molecule has 6 nitrogen and oxygen atoms in total. The smallest absolute Gasteiger partial charge is 0.288 e. The molecule has 0 aliphatic rings. The molecule has 112 valence electrons. The zero-order valence-corrected chi connectivity index (χ0v) is 12.5. The molecule has 0 aliphatic heterocycles. The number of carbonyl (C=O) groups is 1. The van der Waals surface area contributed by atoms with E-state index in [0.29, 0.717) is 19.1 Å². The van der Waals surface area contributed by atoms with Gasteiger partial charge < -0.3 is 10.1 Å². The average molecular weight is 288 g/mol. The summed E-state index contributed by atoms with van der Waals surface area (Å²) >= 11 is 0. The Hall–Kier alpha value is -2.37. The van der Waals surface area contributed by atoms with Gasteiger partial charge in [0.05, 0.1) is 6.54 Å². The van der Waals surface area contributed by atoms with Crippen molar-refractivity contribution >= 4 is 5.91 Å². The van der Waals surface area contributed by atoms with Crippen LogP contribution < -0.4 is 10.1 Å². The van der Waals surface area contributed by atoms with Crippen molar-refractivity contribution < 1.29 is 9.53 Å². The molecule has 0 unspecified atom stereocenters. The second kappa shape index (κ2) is 6.88. The lowest BCUT2D eigenvalue weighted by atomic mass is 10.0. The van der Waals surface area contributed by atoms with Crippen LogP contribution in [0.3, 0.4) is 0 Å². The summed E-state index contributed by atoms with van der Waals surface area (Å²) in [5, 5.41) is 8.87. The van der Waals surface area contributed by atoms with E-state index >= 15 is 0 Å². The van der Waals surface area contributed by atoms with E-state index in [1.807, 2.05) is 13.0 Å². The van der Waals surface area contributed by atoms with Crippen molar-refractivity contribution in [3.63, 3.8) is 0 Å². The lowest BCUT2D eigenvalue weighted by Gasteiger charge is -2.15. The molecule has 0 saturated heterocycles. The summed E-state index contributed by atoms with van der Waals surface area (Å²) in [4.78, 5) is 15.4. The van der Waals surface area contributed by atoms with Gasteiger partial charge in [0.2, 0.25) is 5.82 Å². The van der Waals surface area contributed by atoms with Crippen molar-refractivity contribution in [3.8, 4) is 5.75 Å². The summed E-state index contributed by atoms with van der Waals surface area (Å²) in [6.07, 6.45) is 1.30. The van der Waals surface area contributed by atoms with Crippen LogP contribution in [0, 0.1) is 6.92 Å². The molecule has 1 amide bonds.